The molecule has 19 heavy (non-hydrogen) atoms. The van der Waals surface area contributed by atoms with Gasteiger partial charge in [-0.25, -0.2) is 8.78 Å². The number of benzene rings is 1. The van der Waals surface area contributed by atoms with Crippen LogP contribution >= 0.6 is 0 Å². The molecule has 0 aliphatic heterocycles. The minimum absolute atomic E-state index is 0.162. The van der Waals surface area contributed by atoms with E-state index in [1.165, 1.54) is 5.56 Å². The standard InChI is InChI=1S/C15H23F2NO/c1-11(2)8-13-4-6-14(7-5-13)12(3)18-9-15(16,17)10-19/h4-7,11-12,18-19H,8-10H2,1-3H3. The fourth-order valence-corrected chi connectivity index (χ4v) is 1.89. The summed E-state index contributed by atoms with van der Waals surface area (Å²) in [6.45, 7) is 4.52. The molecule has 0 aromatic heterocycles. The second-order valence-corrected chi connectivity index (χ2v) is 5.46. The van der Waals surface area contributed by atoms with Crippen LogP contribution < -0.4 is 5.32 Å². The zero-order chi connectivity index (χ0) is 14.5. The maximum atomic E-state index is 12.9. The lowest BCUT2D eigenvalue weighted by atomic mass is 10.00. The molecule has 1 aromatic carbocycles. The van der Waals surface area contributed by atoms with E-state index in [1.54, 1.807) is 0 Å². The van der Waals surface area contributed by atoms with Crippen LogP contribution in [-0.2, 0) is 6.42 Å². The molecule has 2 N–H and O–H groups in total. The van der Waals surface area contributed by atoms with Crippen molar-refractivity contribution in [1.29, 1.82) is 0 Å². The summed E-state index contributed by atoms with van der Waals surface area (Å²) in [6, 6.07) is 7.85. The molecule has 0 amide bonds. The summed E-state index contributed by atoms with van der Waals surface area (Å²) in [4.78, 5) is 0. The van der Waals surface area contributed by atoms with E-state index < -0.39 is 19.1 Å². The van der Waals surface area contributed by atoms with Crippen LogP contribution in [0.3, 0.4) is 0 Å². The van der Waals surface area contributed by atoms with E-state index in [0.717, 1.165) is 12.0 Å². The topological polar surface area (TPSA) is 32.3 Å². The summed E-state index contributed by atoms with van der Waals surface area (Å²) in [6.07, 6.45) is 1.02. The molecular formula is C15H23F2NO. The first-order chi connectivity index (χ1) is 8.84. The van der Waals surface area contributed by atoms with Crippen molar-refractivity contribution in [2.75, 3.05) is 13.2 Å². The van der Waals surface area contributed by atoms with Gasteiger partial charge in [0.2, 0.25) is 0 Å². The molecule has 0 radical (unpaired) electrons. The van der Waals surface area contributed by atoms with Crippen LogP contribution in [0.5, 0.6) is 0 Å². The molecule has 1 atom stereocenters. The van der Waals surface area contributed by atoms with E-state index in [0.29, 0.717) is 5.92 Å². The number of alkyl halides is 2. The molecule has 108 valence electrons. The molecule has 0 fully saturated rings. The normalized spacial score (nSPS) is 13.8. The van der Waals surface area contributed by atoms with Crippen molar-refractivity contribution in [3.63, 3.8) is 0 Å². The second kappa shape index (κ2) is 6.96. The van der Waals surface area contributed by atoms with E-state index in [1.807, 2.05) is 31.2 Å². The molecule has 0 saturated carbocycles. The summed E-state index contributed by atoms with van der Waals surface area (Å²) in [7, 11) is 0. The van der Waals surface area contributed by atoms with Crippen LogP contribution in [-0.4, -0.2) is 24.2 Å². The Bertz CT molecular complexity index is 376. The largest absolute Gasteiger partial charge is 0.390 e. The zero-order valence-corrected chi connectivity index (χ0v) is 11.8. The highest BCUT2D eigenvalue weighted by Crippen LogP contribution is 2.17. The van der Waals surface area contributed by atoms with Gasteiger partial charge in [-0.1, -0.05) is 38.1 Å². The molecule has 1 rings (SSSR count). The second-order valence-electron chi connectivity index (χ2n) is 5.46. The molecule has 0 saturated heterocycles. The fourth-order valence-electron chi connectivity index (χ4n) is 1.89. The number of aliphatic hydroxyl groups is 1. The number of hydrogen-bond donors (Lipinski definition) is 2. The third kappa shape index (κ3) is 5.66. The van der Waals surface area contributed by atoms with Gasteiger partial charge in [-0.3, -0.25) is 0 Å². The highest BCUT2D eigenvalue weighted by atomic mass is 19.3. The lowest BCUT2D eigenvalue weighted by Gasteiger charge is -2.19. The van der Waals surface area contributed by atoms with Gasteiger partial charge in [-0.05, 0) is 30.4 Å². The molecule has 4 heteroatoms. The van der Waals surface area contributed by atoms with Crippen molar-refractivity contribution in [2.24, 2.45) is 5.92 Å². The van der Waals surface area contributed by atoms with E-state index in [9.17, 15) is 8.78 Å². The molecular weight excluding hydrogens is 248 g/mol. The van der Waals surface area contributed by atoms with Crippen LogP contribution in [0.25, 0.3) is 0 Å². The van der Waals surface area contributed by atoms with Crippen molar-refractivity contribution in [3.8, 4) is 0 Å². The van der Waals surface area contributed by atoms with E-state index >= 15 is 0 Å². The fraction of sp³-hybridized carbons (Fsp3) is 0.600. The number of aliphatic hydroxyl groups excluding tert-OH is 1. The van der Waals surface area contributed by atoms with E-state index in [4.69, 9.17) is 5.11 Å². The molecule has 0 aliphatic rings. The van der Waals surface area contributed by atoms with E-state index in [-0.39, 0.29) is 6.04 Å². The Labute approximate surface area is 113 Å². The Morgan fingerprint density at radius 2 is 1.74 bits per heavy atom. The summed E-state index contributed by atoms with van der Waals surface area (Å²) in [5.41, 5.74) is 2.23. The average molecular weight is 271 g/mol. The van der Waals surface area contributed by atoms with Gasteiger partial charge < -0.3 is 10.4 Å². The first-order valence-electron chi connectivity index (χ1n) is 6.65. The predicted octanol–water partition coefficient (Wildman–Crippen LogP) is 3.16. The monoisotopic (exact) mass is 271 g/mol. The van der Waals surface area contributed by atoms with Gasteiger partial charge in [0.1, 0.15) is 6.61 Å². The van der Waals surface area contributed by atoms with Crippen molar-refractivity contribution < 1.29 is 13.9 Å². The average Bonchev–Trinajstić information content (AvgIpc) is 2.36. The summed E-state index contributed by atoms with van der Waals surface area (Å²) < 4.78 is 25.8. The first-order valence-corrected chi connectivity index (χ1v) is 6.65. The highest BCUT2D eigenvalue weighted by Gasteiger charge is 2.27. The van der Waals surface area contributed by atoms with Crippen LogP contribution in [0, 0.1) is 5.92 Å². The number of nitrogens with one attached hydrogen (secondary N) is 1. The van der Waals surface area contributed by atoms with Gasteiger partial charge in [-0.2, -0.15) is 0 Å². The quantitative estimate of drug-likeness (QED) is 0.798. The number of rotatable bonds is 7. The Kier molecular flexibility index (Phi) is 5.88. The van der Waals surface area contributed by atoms with Crippen molar-refractivity contribution in [3.05, 3.63) is 35.4 Å². The van der Waals surface area contributed by atoms with Gasteiger partial charge in [0, 0.05) is 6.04 Å². The minimum atomic E-state index is -3.06. The molecule has 0 spiro atoms. The SMILES string of the molecule is CC(C)Cc1ccc(C(C)NCC(F)(F)CO)cc1. The van der Waals surface area contributed by atoms with Gasteiger partial charge in [0.25, 0.3) is 5.92 Å². The molecule has 0 heterocycles. The summed E-state index contributed by atoms with van der Waals surface area (Å²) in [5, 5.41) is 11.2. The van der Waals surface area contributed by atoms with Crippen LogP contribution in [0.2, 0.25) is 0 Å². The van der Waals surface area contributed by atoms with Crippen molar-refractivity contribution in [2.45, 2.75) is 39.2 Å². The van der Waals surface area contributed by atoms with Gasteiger partial charge in [0.15, 0.2) is 0 Å². The smallest absolute Gasteiger partial charge is 0.282 e. The maximum absolute atomic E-state index is 12.9. The first kappa shape index (κ1) is 16.1. The highest BCUT2D eigenvalue weighted by molar-refractivity contribution is 5.25. The lowest BCUT2D eigenvalue weighted by molar-refractivity contribution is -0.0490. The number of hydrogen-bond acceptors (Lipinski definition) is 2. The predicted molar refractivity (Wildman–Crippen MR) is 73.4 cm³/mol. The van der Waals surface area contributed by atoms with Crippen LogP contribution in [0.15, 0.2) is 24.3 Å². The molecule has 2 nitrogen and oxygen atoms in total. The number of halogens is 2. The molecule has 0 aliphatic carbocycles. The lowest BCUT2D eigenvalue weighted by Crippen LogP contribution is -2.37. The molecule has 0 bridgehead atoms. The van der Waals surface area contributed by atoms with E-state index in [2.05, 4.69) is 19.2 Å². The van der Waals surface area contributed by atoms with Crippen LogP contribution in [0.1, 0.15) is 37.9 Å². The van der Waals surface area contributed by atoms with Crippen molar-refractivity contribution >= 4 is 0 Å². The third-order valence-corrected chi connectivity index (χ3v) is 3.02. The van der Waals surface area contributed by atoms with Gasteiger partial charge in [0.05, 0.1) is 6.54 Å². The molecule has 1 aromatic rings. The summed E-state index contributed by atoms with van der Waals surface area (Å²) in [5.74, 6) is -2.46. The third-order valence-electron chi connectivity index (χ3n) is 3.02. The Morgan fingerprint density at radius 3 is 2.21 bits per heavy atom. The van der Waals surface area contributed by atoms with Crippen LogP contribution in [0.4, 0.5) is 8.78 Å². The Hall–Kier alpha value is -1.00. The minimum Gasteiger partial charge on any atom is -0.390 e. The Morgan fingerprint density at radius 1 is 1.16 bits per heavy atom. The molecule has 1 unspecified atom stereocenters. The Balaban J connectivity index is 2.55. The zero-order valence-electron chi connectivity index (χ0n) is 11.8. The van der Waals surface area contributed by atoms with Gasteiger partial charge >= 0.3 is 0 Å². The van der Waals surface area contributed by atoms with Gasteiger partial charge in [-0.15, -0.1) is 0 Å². The van der Waals surface area contributed by atoms with Crippen molar-refractivity contribution in [1.82, 2.24) is 5.32 Å². The maximum Gasteiger partial charge on any atom is 0.282 e. The summed E-state index contributed by atoms with van der Waals surface area (Å²) >= 11 is 0.